The van der Waals surface area contributed by atoms with Gasteiger partial charge in [-0.15, -0.1) is 0 Å². The van der Waals surface area contributed by atoms with Crippen molar-refractivity contribution in [1.29, 1.82) is 0 Å². The molecule has 0 spiro atoms. The second-order valence-electron chi connectivity index (χ2n) is 2.90. The van der Waals surface area contributed by atoms with Crippen LogP contribution in [0, 0.1) is 5.82 Å². The van der Waals surface area contributed by atoms with Crippen molar-refractivity contribution >= 4 is 21.8 Å². The third kappa shape index (κ3) is 3.80. The Bertz CT molecular complexity index is 393. The molecule has 0 aliphatic heterocycles. The maximum atomic E-state index is 12.8. The van der Waals surface area contributed by atoms with Crippen molar-refractivity contribution in [2.45, 2.75) is 11.1 Å². The van der Waals surface area contributed by atoms with Crippen LogP contribution in [0.15, 0.2) is 24.3 Å². The second kappa shape index (κ2) is 4.82. The summed E-state index contributed by atoms with van der Waals surface area (Å²) >= 11 is 2.76. The number of carbonyl (C=O) groups is 1. The fourth-order valence-electron chi connectivity index (χ4n) is 1.02. The lowest BCUT2D eigenvalue weighted by Crippen LogP contribution is -2.39. The minimum absolute atomic E-state index is 0.113. The molecule has 16 heavy (non-hydrogen) atoms. The summed E-state index contributed by atoms with van der Waals surface area (Å²) in [5.41, 5.74) is 0.113. The number of hydrogen-bond acceptors (Lipinski definition) is 1. The van der Waals surface area contributed by atoms with Gasteiger partial charge in [0.05, 0.1) is 0 Å². The van der Waals surface area contributed by atoms with Gasteiger partial charge in [0, 0.05) is 0 Å². The summed E-state index contributed by atoms with van der Waals surface area (Å²) in [7, 11) is 0. The molecule has 1 amide bonds. The van der Waals surface area contributed by atoms with Crippen LogP contribution < -0.4 is 5.32 Å². The van der Waals surface area contributed by atoms with Crippen LogP contribution in [0.5, 0.6) is 0 Å². The van der Waals surface area contributed by atoms with E-state index < -0.39 is 22.9 Å². The second-order valence-corrected chi connectivity index (χ2v) is 3.82. The van der Waals surface area contributed by atoms with Gasteiger partial charge < -0.3 is 0 Å². The fraction of sp³-hybridized carbons (Fsp3) is 0.222. The van der Waals surface area contributed by atoms with Gasteiger partial charge >= 0.3 is 6.30 Å². The fourth-order valence-corrected chi connectivity index (χ4v) is 1.42. The first-order valence-corrected chi connectivity index (χ1v) is 4.99. The average molecular weight is 300 g/mol. The Hall–Kier alpha value is -1.11. The zero-order valence-corrected chi connectivity index (χ0v) is 9.27. The van der Waals surface area contributed by atoms with Crippen LogP contribution in [-0.2, 0) is 4.79 Å². The van der Waals surface area contributed by atoms with Crippen molar-refractivity contribution in [3.05, 3.63) is 35.6 Å². The standard InChI is InChI=1S/C9H6BrF4NO/c10-7(8(16)15-9(12,13)14)5-2-1-3-6(11)4-5/h1-4,7H,(H,15,16). The lowest BCUT2D eigenvalue weighted by molar-refractivity contribution is -0.169. The molecule has 1 aromatic carbocycles. The van der Waals surface area contributed by atoms with E-state index in [0.29, 0.717) is 0 Å². The molecule has 1 aromatic rings. The first-order chi connectivity index (χ1) is 7.29. The minimum atomic E-state index is -4.80. The minimum Gasteiger partial charge on any atom is -0.273 e. The van der Waals surface area contributed by atoms with Gasteiger partial charge in [-0.05, 0) is 17.7 Å². The molecular formula is C9H6BrF4NO. The average Bonchev–Trinajstić information content (AvgIpc) is 2.14. The van der Waals surface area contributed by atoms with Gasteiger partial charge in [-0.25, -0.2) is 4.39 Å². The highest BCUT2D eigenvalue weighted by Gasteiger charge is 2.33. The molecule has 0 fully saturated rings. The lowest BCUT2D eigenvalue weighted by Gasteiger charge is -2.13. The summed E-state index contributed by atoms with van der Waals surface area (Å²) in [6, 6.07) is 4.76. The summed E-state index contributed by atoms with van der Waals surface area (Å²) in [6.45, 7) is 0. The molecule has 88 valence electrons. The van der Waals surface area contributed by atoms with Crippen LogP contribution in [0.25, 0.3) is 0 Å². The molecule has 0 saturated heterocycles. The first-order valence-electron chi connectivity index (χ1n) is 4.08. The highest BCUT2D eigenvalue weighted by molar-refractivity contribution is 9.09. The molecule has 1 N–H and O–H groups in total. The predicted octanol–water partition coefficient (Wildman–Crippen LogP) is 2.90. The molecule has 1 unspecified atom stereocenters. The molecule has 0 bridgehead atoms. The Kier molecular flexibility index (Phi) is 3.90. The zero-order valence-electron chi connectivity index (χ0n) is 7.68. The normalized spacial score (nSPS) is 13.3. The monoisotopic (exact) mass is 299 g/mol. The van der Waals surface area contributed by atoms with Gasteiger partial charge in [-0.3, -0.25) is 10.1 Å². The van der Waals surface area contributed by atoms with Gasteiger partial charge in [0.1, 0.15) is 10.6 Å². The van der Waals surface area contributed by atoms with Crippen molar-refractivity contribution < 1.29 is 22.4 Å². The van der Waals surface area contributed by atoms with E-state index in [0.717, 1.165) is 17.4 Å². The molecule has 1 rings (SSSR count). The third-order valence-electron chi connectivity index (χ3n) is 1.64. The van der Waals surface area contributed by atoms with Crippen molar-refractivity contribution in [2.24, 2.45) is 0 Å². The van der Waals surface area contributed by atoms with E-state index in [-0.39, 0.29) is 5.56 Å². The zero-order chi connectivity index (χ0) is 12.3. The number of hydrogen-bond donors (Lipinski definition) is 1. The maximum absolute atomic E-state index is 12.8. The molecule has 0 radical (unpaired) electrons. The third-order valence-corrected chi connectivity index (χ3v) is 2.58. The lowest BCUT2D eigenvalue weighted by atomic mass is 10.1. The van der Waals surface area contributed by atoms with Crippen LogP contribution in [0.3, 0.4) is 0 Å². The first kappa shape index (κ1) is 13.0. The van der Waals surface area contributed by atoms with Crippen LogP contribution in [-0.4, -0.2) is 12.2 Å². The smallest absolute Gasteiger partial charge is 0.273 e. The molecule has 2 nitrogen and oxygen atoms in total. The molecule has 7 heteroatoms. The van der Waals surface area contributed by atoms with Gasteiger partial charge in [-0.2, -0.15) is 13.2 Å². The van der Waals surface area contributed by atoms with E-state index in [2.05, 4.69) is 15.9 Å². The molecule has 0 aromatic heterocycles. The van der Waals surface area contributed by atoms with E-state index in [1.807, 2.05) is 0 Å². The molecule has 0 aliphatic carbocycles. The quantitative estimate of drug-likeness (QED) is 0.508. The number of amides is 1. The van der Waals surface area contributed by atoms with Crippen molar-refractivity contribution in [2.75, 3.05) is 0 Å². The van der Waals surface area contributed by atoms with Crippen LogP contribution >= 0.6 is 15.9 Å². The number of nitrogens with one attached hydrogen (secondary N) is 1. The Morgan fingerprint density at radius 3 is 2.50 bits per heavy atom. The Balaban J connectivity index is 2.78. The van der Waals surface area contributed by atoms with Gasteiger partial charge in [0.15, 0.2) is 0 Å². The number of benzene rings is 1. The Labute approximate surface area is 96.8 Å². The summed E-state index contributed by atoms with van der Waals surface area (Å²) in [5.74, 6) is -1.92. The van der Waals surface area contributed by atoms with E-state index in [9.17, 15) is 22.4 Å². The van der Waals surface area contributed by atoms with Crippen LogP contribution in [0.2, 0.25) is 0 Å². The highest BCUT2D eigenvalue weighted by Crippen LogP contribution is 2.25. The molecule has 0 aliphatic rings. The Morgan fingerprint density at radius 1 is 1.38 bits per heavy atom. The van der Waals surface area contributed by atoms with Crippen LogP contribution in [0.4, 0.5) is 17.6 Å². The van der Waals surface area contributed by atoms with Crippen LogP contribution in [0.1, 0.15) is 10.4 Å². The topological polar surface area (TPSA) is 29.1 Å². The largest absolute Gasteiger partial charge is 0.484 e. The maximum Gasteiger partial charge on any atom is 0.484 e. The number of rotatable bonds is 2. The molecule has 0 saturated carbocycles. The predicted molar refractivity (Wildman–Crippen MR) is 52.3 cm³/mol. The molecule has 1 atom stereocenters. The van der Waals surface area contributed by atoms with Crippen molar-refractivity contribution in [1.82, 2.24) is 5.32 Å². The van der Waals surface area contributed by atoms with Crippen molar-refractivity contribution in [3.8, 4) is 0 Å². The van der Waals surface area contributed by atoms with E-state index >= 15 is 0 Å². The van der Waals surface area contributed by atoms with Crippen molar-refractivity contribution in [3.63, 3.8) is 0 Å². The number of halogens is 5. The Morgan fingerprint density at radius 2 is 2.00 bits per heavy atom. The number of alkyl halides is 4. The summed E-state index contributed by atoms with van der Waals surface area (Å²) in [6.07, 6.45) is -4.80. The van der Waals surface area contributed by atoms with Gasteiger partial charge in [-0.1, -0.05) is 28.1 Å². The number of carbonyl (C=O) groups excluding carboxylic acids is 1. The van der Waals surface area contributed by atoms with E-state index in [4.69, 9.17) is 0 Å². The van der Waals surface area contributed by atoms with E-state index in [1.165, 1.54) is 12.1 Å². The summed E-state index contributed by atoms with van der Waals surface area (Å²) < 4.78 is 48.3. The summed E-state index contributed by atoms with van der Waals surface area (Å²) in [5, 5.41) is 0.829. The SMILES string of the molecule is O=C(NC(F)(F)F)C(Br)c1cccc(F)c1. The highest BCUT2D eigenvalue weighted by atomic mass is 79.9. The van der Waals surface area contributed by atoms with Gasteiger partial charge in [0.2, 0.25) is 5.91 Å². The summed E-state index contributed by atoms with van der Waals surface area (Å²) in [4.78, 5) is 9.82. The molecule has 0 heterocycles. The van der Waals surface area contributed by atoms with Gasteiger partial charge in [0.25, 0.3) is 0 Å². The van der Waals surface area contributed by atoms with E-state index in [1.54, 1.807) is 0 Å². The molecular weight excluding hydrogens is 294 g/mol.